The van der Waals surface area contributed by atoms with Crippen molar-refractivity contribution in [2.45, 2.75) is 0 Å². The first-order valence-corrected chi connectivity index (χ1v) is 6.39. The van der Waals surface area contributed by atoms with E-state index in [4.69, 9.17) is 16.2 Å². The monoisotopic (exact) mass is 251 g/mol. The molecule has 0 amide bonds. The third kappa shape index (κ3) is 3.27. The quantitative estimate of drug-likeness (QED) is 0.545. The van der Waals surface area contributed by atoms with E-state index in [-0.39, 0.29) is 0 Å². The van der Waals surface area contributed by atoms with Gasteiger partial charge in [-0.3, -0.25) is 0 Å². The molecule has 0 bridgehead atoms. The van der Waals surface area contributed by atoms with Gasteiger partial charge in [0.2, 0.25) is 0 Å². The summed E-state index contributed by atoms with van der Waals surface area (Å²) in [5.74, 6) is 0. The van der Waals surface area contributed by atoms with Gasteiger partial charge < -0.3 is 26.0 Å². The number of anilines is 3. The first-order valence-electron chi connectivity index (χ1n) is 6.39. The lowest BCUT2D eigenvalue weighted by atomic mass is 10.2. The van der Waals surface area contributed by atoms with Crippen molar-refractivity contribution in [1.29, 1.82) is 0 Å². The van der Waals surface area contributed by atoms with Crippen LogP contribution in [-0.2, 0) is 4.74 Å². The van der Waals surface area contributed by atoms with Crippen LogP contribution >= 0.6 is 0 Å². The van der Waals surface area contributed by atoms with Gasteiger partial charge >= 0.3 is 0 Å². The maximum atomic E-state index is 5.90. The lowest BCUT2D eigenvalue weighted by molar-refractivity contribution is -0.915. The number of nitrogens with two attached hydrogens (primary N) is 2. The zero-order valence-corrected chi connectivity index (χ0v) is 11.0. The molecule has 18 heavy (non-hydrogen) atoms. The Hall–Kier alpha value is -1.46. The van der Waals surface area contributed by atoms with Gasteiger partial charge in [0.05, 0.1) is 44.7 Å². The molecule has 1 aromatic carbocycles. The fourth-order valence-corrected chi connectivity index (χ4v) is 2.19. The van der Waals surface area contributed by atoms with Crippen LogP contribution in [0.15, 0.2) is 18.2 Å². The summed E-state index contributed by atoms with van der Waals surface area (Å²) in [5.41, 5.74) is 14.1. The first-order chi connectivity index (χ1) is 8.59. The molecular formula is C13H23N4O+. The smallest absolute Gasteiger partial charge is 0.102 e. The Bertz CT molecular complexity index is 402. The second-order valence-electron chi connectivity index (χ2n) is 5.18. The number of morpholine rings is 1. The molecule has 1 fully saturated rings. The van der Waals surface area contributed by atoms with Crippen LogP contribution < -0.4 is 16.8 Å². The minimum atomic E-state index is 0.735. The number of quaternary nitrogens is 1. The molecule has 0 aliphatic carbocycles. The van der Waals surface area contributed by atoms with E-state index in [9.17, 15) is 0 Å². The molecule has 2 rings (SSSR count). The number of nitrogens with one attached hydrogen (secondary N) is 1. The van der Waals surface area contributed by atoms with Gasteiger partial charge in [0.15, 0.2) is 0 Å². The molecule has 5 heteroatoms. The van der Waals surface area contributed by atoms with Gasteiger partial charge in [-0.2, -0.15) is 0 Å². The van der Waals surface area contributed by atoms with E-state index in [2.05, 4.69) is 12.4 Å². The molecule has 0 spiro atoms. The summed E-state index contributed by atoms with van der Waals surface area (Å²) >= 11 is 0. The fourth-order valence-electron chi connectivity index (χ4n) is 2.19. The van der Waals surface area contributed by atoms with Crippen LogP contribution in [0.1, 0.15) is 0 Å². The average molecular weight is 251 g/mol. The highest BCUT2D eigenvalue weighted by Gasteiger charge is 2.24. The van der Waals surface area contributed by atoms with Crippen molar-refractivity contribution in [2.75, 3.05) is 63.2 Å². The molecular weight excluding hydrogens is 228 g/mol. The van der Waals surface area contributed by atoms with Crippen molar-refractivity contribution < 1.29 is 9.22 Å². The number of hydrogen-bond donors (Lipinski definition) is 3. The van der Waals surface area contributed by atoms with Crippen LogP contribution in [0.3, 0.4) is 0 Å². The minimum Gasteiger partial charge on any atom is -0.399 e. The van der Waals surface area contributed by atoms with E-state index in [1.807, 2.05) is 18.2 Å². The summed E-state index contributed by atoms with van der Waals surface area (Å²) in [6, 6.07) is 5.54. The predicted octanol–water partition coefficient (Wildman–Crippen LogP) is 0.740. The van der Waals surface area contributed by atoms with Gasteiger partial charge in [-0.1, -0.05) is 0 Å². The van der Waals surface area contributed by atoms with Crippen molar-refractivity contribution >= 4 is 17.1 Å². The number of ether oxygens (including phenoxy) is 1. The van der Waals surface area contributed by atoms with Gasteiger partial charge in [-0.05, 0) is 18.2 Å². The Balaban J connectivity index is 1.86. The molecule has 1 aliphatic rings. The largest absolute Gasteiger partial charge is 0.399 e. The van der Waals surface area contributed by atoms with E-state index in [1.165, 1.54) is 0 Å². The van der Waals surface area contributed by atoms with Crippen molar-refractivity contribution in [2.24, 2.45) is 0 Å². The third-order valence-electron chi connectivity index (χ3n) is 3.60. The molecule has 0 radical (unpaired) electrons. The normalized spacial score (nSPS) is 18.5. The zero-order valence-electron chi connectivity index (χ0n) is 11.0. The molecule has 0 saturated carbocycles. The Morgan fingerprint density at radius 2 is 2.00 bits per heavy atom. The van der Waals surface area contributed by atoms with Gasteiger partial charge in [0.25, 0.3) is 0 Å². The highest BCUT2D eigenvalue weighted by Crippen LogP contribution is 2.21. The van der Waals surface area contributed by atoms with Crippen molar-refractivity contribution in [1.82, 2.24) is 0 Å². The fraction of sp³-hybridized carbons (Fsp3) is 0.538. The van der Waals surface area contributed by atoms with Crippen LogP contribution in [0, 0.1) is 0 Å². The summed E-state index contributed by atoms with van der Waals surface area (Å²) in [7, 11) is 2.27. The van der Waals surface area contributed by atoms with Gasteiger partial charge in [0.1, 0.15) is 13.1 Å². The highest BCUT2D eigenvalue weighted by molar-refractivity contribution is 5.70. The predicted molar refractivity (Wildman–Crippen MR) is 75.4 cm³/mol. The van der Waals surface area contributed by atoms with Crippen LogP contribution in [0.4, 0.5) is 17.1 Å². The minimum absolute atomic E-state index is 0.735. The summed E-state index contributed by atoms with van der Waals surface area (Å²) in [4.78, 5) is 0. The van der Waals surface area contributed by atoms with Crippen LogP contribution in [0.5, 0.6) is 0 Å². The number of hydrogen-bond acceptors (Lipinski definition) is 4. The first kappa shape index (κ1) is 13.0. The van der Waals surface area contributed by atoms with Crippen molar-refractivity contribution in [3.05, 3.63) is 18.2 Å². The van der Waals surface area contributed by atoms with Gasteiger partial charge in [0, 0.05) is 5.69 Å². The Labute approximate surface area is 108 Å². The molecule has 1 aromatic rings. The molecule has 1 heterocycles. The second kappa shape index (κ2) is 5.46. The maximum Gasteiger partial charge on any atom is 0.102 e. The summed E-state index contributed by atoms with van der Waals surface area (Å²) in [6.07, 6.45) is 0. The number of rotatable bonds is 4. The maximum absolute atomic E-state index is 5.90. The van der Waals surface area contributed by atoms with Crippen molar-refractivity contribution in [3.8, 4) is 0 Å². The topological polar surface area (TPSA) is 73.3 Å². The molecule has 0 unspecified atom stereocenters. The zero-order chi connectivity index (χ0) is 13.0. The molecule has 1 saturated heterocycles. The number of nitrogens with zero attached hydrogens (tertiary/aromatic N) is 1. The molecule has 1 aliphatic heterocycles. The summed E-state index contributed by atoms with van der Waals surface area (Å²) < 4.78 is 6.44. The van der Waals surface area contributed by atoms with Crippen LogP contribution in [-0.4, -0.2) is 50.9 Å². The lowest BCUT2D eigenvalue weighted by Crippen LogP contribution is -2.53. The number of benzene rings is 1. The molecule has 0 atom stereocenters. The number of nitrogen functional groups attached to an aromatic ring is 2. The summed E-state index contributed by atoms with van der Waals surface area (Å²) in [6.45, 7) is 5.83. The molecule has 100 valence electrons. The second-order valence-corrected chi connectivity index (χ2v) is 5.18. The standard InChI is InChI=1S/C13H23N4O/c1-17(6-8-18-9-7-17)5-4-16-13-10-11(14)2-3-12(13)15/h2-3,10,16H,4-9,14-15H2,1H3/q+1. The molecule has 5 nitrogen and oxygen atoms in total. The van der Waals surface area contributed by atoms with E-state index in [1.54, 1.807) is 0 Å². The lowest BCUT2D eigenvalue weighted by Gasteiger charge is -2.37. The van der Waals surface area contributed by atoms with E-state index in [0.717, 1.165) is 60.9 Å². The average Bonchev–Trinajstić information content (AvgIpc) is 2.34. The van der Waals surface area contributed by atoms with Gasteiger partial charge in [-0.15, -0.1) is 0 Å². The van der Waals surface area contributed by atoms with Crippen molar-refractivity contribution in [3.63, 3.8) is 0 Å². The highest BCUT2D eigenvalue weighted by atomic mass is 16.5. The Kier molecular flexibility index (Phi) is 3.93. The van der Waals surface area contributed by atoms with Crippen LogP contribution in [0.25, 0.3) is 0 Å². The van der Waals surface area contributed by atoms with E-state index in [0.29, 0.717) is 0 Å². The third-order valence-corrected chi connectivity index (χ3v) is 3.60. The SMILES string of the molecule is C[N+]1(CCNc2cc(N)ccc2N)CCOCC1. The van der Waals surface area contributed by atoms with E-state index < -0.39 is 0 Å². The van der Waals surface area contributed by atoms with Crippen LogP contribution in [0.2, 0.25) is 0 Å². The Morgan fingerprint density at radius 1 is 1.28 bits per heavy atom. The summed E-state index contributed by atoms with van der Waals surface area (Å²) in [5, 5.41) is 3.36. The van der Waals surface area contributed by atoms with E-state index >= 15 is 0 Å². The molecule has 0 aromatic heterocycles. The Morgan fingerprint density at radius 3 is 2.72 bits per heavy atom. The number of likely N-dealkylation sites (N-methyl/N-ethyl adjacent to an activating group) is 1. The van der Waals surface area contributed by atoms with Gasteiger partial charge in [-0.25, -0.2) is 0 Å². The molecule has 5 N–H and O–H groups in total.